The molecule has 0 fully saturated rings. The monoisotopic (exact) mass is 215 g/mol. The van der Waals surface area contributed by atoms with E-state index in [0.29, 0.717) is 16.0 Å². The lowest BCUT2D eigenvalue weighted by atomic mass is 10.1. The number of hydrogen-bond donors (Lipinski definition) is 3. The Kier molecular flexibility index (Phi) is 3.34. The highest BCUT2D eigenvalue weighted by molar-refractivity contribution is 7.13. The summed E-state index contributed by atoms with van der Waals surface area (Å²) in [6.45, 7) is 0. The molecule has 2 atom stereocenters. The molecule has 1 heterocycles. The largest absolute Gasteiger partial charge is 0.384 e. The van der Waals surface area contributed by atoms with E-state index in [-0.39, 0.29) is 0 Å². The zero-order valence-electron chi connectivity index (χ0n) is 7.08. The van der Waals surface area contributed by atoms with Gasteiger partial charge in [0, 0.05) is 4.88 Å². The number of carbonyl (C=O) groups is 2. The van der Waals surface area contributed by atoms with Gasteiger partial charge in [0.25, 0.3) is 0 Å². The lowest BCUT2D eigenvalue weighted by molar-refractivity contribution is -0.131. The van der Waals surface area contributed by atoms with Gasteiger partial charge in [-0.15, -0.1) is 11.3 Å². The molecule has 1 aromatic heterocycles. The van der Waals surface area contributed by atoms with E-state index in [2.05, 4.69) is 0 Å². The van der Waals surface area contributed by atoms with Crippen molar-refractivity contribution >= 4 is 23.5 Å². The van der Waals surface area contributed by atoms with Crippen molar-refractivity contribution in [2.24, 2.45) is 5.73 Å². The second-order valence-corrected chi connectivity index (χ2v) is 3.80. The van der Waals surface area contributed by atoms with Crippen LogP contribution in [0.4, 0.5) is 0 Å². The number of primary amides is 1. The summed E-state index contributed by atoms with van der Waals surface area (Å²) in [6.07, 6.45) is -2.39. The minimum absolute atomic E-state index is 0.332. The quantitative estimate of drug-likeness (QED) is 0.586. The van der Waals surface area contributed by atoms with E-state index in [0.717, 1.165) is 11.3 Å². The van der Waals surface area contributed by atoms with Crippen LogP contribution in [0.5, 0.6) is 0 Å². The van der Waals surface area contributed by atoms with Crippen LogP contribution < -0.4 is 5.73 Å². The number of aliphatic hydroxyl groups excluding tert-OH is 2. The van der Waals surface area contributed by atoms with Crippen molar-refractivity contribution in [2.45, 2.75) is 12.2 Å². The average Bonchev–Trinajstić information content (AvgIpc) is 2.63. The zero-order chi connectivity index (χ0) is 10.7. The molecule has 5 nitrogen and oxygen atoms in total. The Balaban J connectivity index is 2.83. The Labute approximate surface area is 83.8 Å². The molecule has 0 aliphatic carbocycles. The number of rotatable bonds is 4. The summed E-state index contributed by atoms with van der Waals surface area (Å²) in [5.41, 5.74) is 4.80. The smallest absolute Gasteiger partial charge is 0.249 e. The van der Waals surface area contributed by atoms with Crippen LogP contribution in [0.15, 0.2) is 12.1 Å². The highest BCUT2D eigenvalue weighted by Gasteiger charge is 2.24. The van der Waals surface area contributed by atoms with Gasteiger partial charge in [0.05, 0.1) is 4.88 Å². The summed E-state index contributed by atoms with van der Waals surface area (Å²) in [5.74, 6) is -1.00. The molecule has 14 heavy (non-hydrogen) atoms. The average molecular weight is 215 g/mol. The first-order valence-corrected chi connectivity index (χ1v) is 4.58. The third kappa shape index (κ3) is 2.16. The molecule has 4 N–H and O–H groups in total. The van der Waals surface area contributed by atoms with Crippen molar-refractivity contribution in [3.8, 4) is 0 Å². The number of aldehydes is 1. The topological polar surface area (TPSA) is 101 Å². The molecule has 1 amide bonds. The van der Waals surface area contributed by atoms with E-state index >= 15 is 0 Å². The zero-order valence-corrected chi connectivity index (χ0v) is 7.90. The van der Waals surface area contributed by atoms with Gasteiger partial charge in [-0.2, -0.15) is 0 Å². The summed E-state index contributed by atoms with van der Waals surface area (Å²) < 4.78 is 0. The summed E-state index contributed by atoms with van der Waals surface area (Å²) in [6, 6.07) is 2.95. The van der Waals surface area contributed by atoms with Crippen LogP contribution in [-0.4, -0.2) is 28.5 Å². The van der Waals surface area contributed by atoms with E-state index < -0.39 is 18.1 Å². The Morgan fingerprint density at radius 3 is 2.57 bits per heavy atom. The van der Waals surface area contributed by atoms with Crippen LogP contribution in [-0.2, 0) is 4.79 Å². The second kappa shape index (κ2) is 4.32. The summed E-state index contributed by atoms with van der Waals surface area (Å²) in [4.78, 5) is 21.6. The van der Waals surface area contributed by atoms with Crippen molar-refractivity contribution in [1.29, 1.82) is 0 Å². The normalized spacial score (nSPS) is 14.7. The van der Waals surface area contributed by atoms with E-state index in [1.165, 1.54) is 12.1 Å². The molecule has 0 saturated heterocycles. The fourth-order valence-corrected chi connectivity index (χ4v) is 1.74. The van der Waals surface area contributed by atoms with Crippen LogP contribution in [0.25, 0.3) is 0 Å². The Bertz CT molecular complexity index is 349. The summed E-state index contributed by atoms with van der Waals surface area (Å²) in [7, 11) is 0. The van der Waals surface area contributed by atoms with Crippen molar-refractivity contribution in [3.05, 3.63) is 21.9 Å². The van der Waals surface area contributed by atoms with Crippen LogP contribution in [0.3, 0.4) is 0 Å². The van der Waals surface area contributed by atoms with Gasteiger partial charge in [-0.05, 0) is 12.1 Å². The van der Waals surface area contributed by atoms with E-state index in [1.54, 1.807) is 0 Å². The molecule has 76 valence electrons. The van der Waals surface area contributed by atoms with Crippen molar-refractivity contribution < 1.29 is 19.8 Å². The first-order chi connectivity index (χ1) is 6.56. The number of hydrogen-bond acceptors (Lipinski definition) is 5. The van der Waals surface area contributed by atoms with E-state index in [4.69, 9.17) is 10.8 Å². The molecule has 0 aliphatic rings. The van der Waals surface area contributed by atoms with Crippen LogP contribution in [0, 0.1) is 0 Å². The first kappa shape index (κ1) is 10.8. The SMILES string of the molecule is NC(=O)C(O)C(O)c1ccc(C=O)s1. The van der Waals surface area contributed by atoms with E-state index in [1.807, 2.05) is 0 Å². The Morgan fingerprint density at radius 2 is 2.14 bits per heavy atom. The van der Waals surface area contributed by atoms with E-state index in [9.17, 15) is 14.7 Å². The maximum absolute atomic E-state index is 10.5. The van der Waals surface area contributed by atoms with Gasteiger partial charge >= 0.3 is 0 Å². The minimum atomic E-state index is -1.65. The number of aliphatic hydroxyl groups is 2. The fourth-order valence-electron chi connectivity index (χ4n) is 0.902. The molecule has 0 bridgehead atoms. The standard InChI is InChI=1S/C8H9NO4S/c9-8(13)7(12)6(11)5-2-1-4(3-10)14-5/h1-3,6-7,11-12H,(H2,9,13). The molecule has 2 unspecified atom stereocenters. The minimum Gasteiger partial charge on any atom is -0.384 e. The van der Waals surface area contributed by atoms with Gasteiger partial charge in [0.1, 0.15) is 6.10 Å². The van der Waals surface area contributed by atoms with Crippen molar-refractivity contribution in [1.82, 2.24) is 0 Å². The first-order valence-electron chi connectivity index (χ1n) is 3.76. The molecular weight excluding hydrogens is 206 g/mol. The Hall–Kier alpha value is -1.24. The lowest BCUT2D eigenvalue weighted by Gasteiger charge is -2.12. The summed E-state index contributed by atoms with van der Waals surface area (Å²) in [5, 5.41) is 18.5. The lowest BCUT2D eigenvalue weighted by Crippen LogP contribution is -2.33. The number of thiophene rings is 1. The predicted octanol–water partition coefficient (Wildman–Crippen LogP) is -0.560. The number of amides is 1. The van der Waals surface area contributed by atoms with Gasteiger partial charge in [-0.1, -0.05) is 0 Å². The predicted molar refractivity (Wildman–Crippen MR) is 49.9 cm³/mol. The second-order valence-electron chi connectivity index (χ2n) is 2.65. The van der Waals surface area contributed by atoms with Gasteiger partial charge in [0.15, 0.2) is 12.4 Å². The molecule has 0 aliphatic heterocycles. The van der Waals surface area contributed by atoms with Gasteiger partial charge in [-0.25, -0.2) is 0 Å². The van der Waals surface area contributed by atoms with Gasteiger partial charge < -0.3 is 15.9 Å². The number of carbonyl (C=O) groups excluding carboxylic acids is 2. The summed E-state index contributed by atoms with van der Waals surface area (Å²) >= 11 is 1.00. The third-order valence-corrected chi connectivity index (χ3v) is 2.73. The van der Waals surface area contributed by atoms with Crippen LogP contribution in [0.2, 0.25) is 0 Å². The number of nitrogens with two attached hydrogens (primary N) is 1. The molecule has 0 aromatic carbocycles. The third-order valence-electron chi connectivity index (χ3n) is 1.65. The van der Waals surface area contributed by atoms with Crippen molar-refractivity contribution in [3.63, 3.8) is 0 Å². The van der Waals surface area contributed by atoms with Gasteiger partial charge in [-0.3, -0.25) is 9.59 Å². The molecule has 1 aromatic rings. The van der Waals surface area contributed by atoms with Crippen LogP contribution >= 0.6 is 11.3 Å². The molecule has 6 heteroatoms. The molecule has 0 radical (unpaired) electrons. The van der Waals surface area contributed by atoms with Gasteiger partial charge in [0.2, 0.25) is 5.91 Å². The fraction of sp³-hybridized carbons (Fsp3) is 0.250. The Morgan fingerprint density at radius 1 is 1.50 bits per heavy atom. The highest BCUT2D eigenvalue weighted by atomic mass is 32.1. The van der Waals surface area contributed by atoms with Crippen molar-refractivity contribution in [2.75, 3.05) is 0 Å². The molecule has 1 rings (SSSR count). The van der Waals surface area contributed by atoms with Crippen LogP contribution in [0.1, 0.15) is 20.7 Å². The molecular formula is C8H9NO4S. The maximum atomic E-state index is 10.5. The molecule has 0 spiro atoms. The maximum Gasteiger partial charge on any atom is 0.249 e. The molecule has 0 saturated carbocycles. The highest BCUT2D eigenvalue weighted by Crippen LogP contribution is 2.24.